The highest BCUT2D eigenvalue weighted by Crippen LogP contribution is 2.66. The van der Waals surface area contributed by atoms with Crippen molar-refractivity contribution in [1.29, 1.82) is 0 Å². The summed E-state index contributed by atoms with van der Waals surface area (Å²) < 4.78 is 37.8. The lowest BCUT2D eigenvalue weighted by molar-refractivity contribution is -0.342. The fraction of sp³-hybridized carbons (Fsp3) is 0.833. The van der Waals surface area contributed by atoms with E-state index in [1.165, 1.54) is 7.11 Å². The summed E-state index contributed by atoms with van der Waals surface area (Å²) in [6.45, 7) is 1.72. The van der Waals surface area contributed by atoms with Crippen molar-refractivity contribution in [3.05, 3.63) is 0 Å². The van der Waals surface area contributed by atoms with Crippen LogP contribution in [0.25, 0.3) is 0 Å². The largest absolute Gasteiger partial charge is 0.544 e. The van der Waals surface area contributed by atoms with Crippen LogP contribution in [0.2, 0.25) is 0 Å². The fourth-order valence-corrected chi connectivity index (χ4v) is 5.61. The quantitative estimate of drug-likeness (QED) is 0.678. The summed E-state index contributed by atoms with van der Waals surface area (Å²) >= 11 is 0. The van der Waals surface area contributed by atoms with Gasteiger partial charge in [0.05, 0.1) is 17.9 Å². The van der Waals surface area contributed by atoms with Crippen LogP contribution in [-0.4, -0.2) is 36.5 Å². The Morgan fingerprint density at radius 1 is 1.00 bits per heavy atom. The molecule has 0 aromatic rings. The Morgan fingerprint density at radius 3 is 1.88 bits per heavy atom. The smallest absolute Gasteiger partial charge is 0.325 e. The predicted octanol–water partition coefficient (Wildman–Crippen LogP) is 1.45. The number of hydrogen-bond acceptors (Lipinski definition) is 6. The summed E-state index contributed by atoms with van der Waals surface area (Å²) in [6.07, 6.45) is 3.29. The monoisotopic (exact) mass is 373 g/mol. The summed E-state index contributed by atoms with van der Waals surface area (Å²) in [5.74, 6) is -7.88. The van der Waals surface area contributed by atoms with E-state index in [0.29, 0.717) is 25.7 Å². The number of halogens is 2. The van der Waals surface area contributed by atoms with E-state index < -0.39 is 34.3 Å². The maximum absolute atomic E-state index is 13.9. The van der Waals surface area contributed by atoms with Crippen molar-refractivity contribution >= 4 is 17.9 Å². The minimum absolute atomic E-state index is 0.132. The van der Waals surface area contributed by atoms with Crippen LogP contribution in [-0.2, 0) is 23.9 Å². The molecule has 0 saturated heterocycles. The molecule has 0 heterocycles. The van der Waals surface area contributed by atoms with E-state index in [9.17, 15) is 28.3 Å². The van der Waals surface area contributed by atoms with E-state index in [-0.39, 0.29) is 24.2 Å². The minimum Gasteiger partial charge on any atom is -0.544 e. The van der Waals surface area contributed by atoms with Crippen LogP contribution in [0.15, 0.2) is 0 Å². The van der Waals surface area contributed by atoms with Gasteiger partial charge in [0, 0.05) is 0 Å². The first kappa shape index (κ1) is 19.0. The van der Waals surface area contributed by atoms with Gasteiger partial charge >= 0.3 is 17.9 Å². The van der Waals surface area contributed by atoms with Crippen molar-refractivity contribution in [1.82, 2.24) is 0 Å². The number of carboxylic acids is 1. The van der Waals surface area contributed by atoms with Gasteiger partial charge in [0.2, 0.25) is 0 Å². The molecule has 0 spiro atoms. The zero-order chi connectivity index (χ0) is 19.5. The molecule has 2 unspecified atom stereocenters. The summed E-state index contributed by atoms with van der Waals surface area (Å²) in [4.78, 5) is 36.1. The van der Waals surface area contributed by atoms with Crippen LogP contribution < -0.4 is 5.11 Å². The molecule has 4 rings (SSSR count). The molecule has 26 heavy (non-hydrogen) atoms. The van der Waals surface area contributed by atoms with E-state index in [2.05, 4.69) is 0 Å². The molecule has 0 aromatic heterocycles. The first-order valence-electron chi connectivity index (χ1n) is 8.79. The van der Waals surface area contributed by atoms with Crippen molar-refractivity contribution in [3.63, 3.8) is 0 Å². The molecular formula is C18H23F2O6-. The zero-order valence-electron chi connectivity index (χ0n) is 15.1. The van der Waals surface area contributed by atoms with E-state index in [4.69, 9.17) is 9.47 Å². The molecule has 8 heteroatoms. The molecule has 4 bridgehead atoms. The molecule has 0 aromatic carbocycles. The van der Waals surface area contributed by atoms with E-state index >= 15 is 0 Å². The van der Waals surface area contributed by atoms with E-state index in [0.717, 1.165) is 20.3 Å². The molecule has 0 aliphatic heterocycles. The van der Waals surface area contributed by atoms with Gasteiger partial charge < -0.3 is 19.4 Å². The minimum atomic E-state index is -4.33. The number of esters is 2. The average molecular weight is 373 g/mol. The van der Waals surface area contributed by atoms with Gasteiger partial charge in [-0.2, -0.15) is 8.78 Å². The topological polar surface area (TPSA) is 92.7 Å². The molecule has 0 N–H and O–H groups in total. The van der Waals surface area contributed by atoms with Gasteiger partial charge in [-0.3, -0.25) is 9.59 Å². The van der Waals surface area contributed by atoms with Crippen molar-refractivity contribution in [2.75, 3.05) is 7.11 Å². The highest BCUT2D eigenvalue weighted by Gasteiger charge is 2.65. The maximum Gasteiger partial charge on any atom is 0.325 e. The lowest BCUT2D eigenvalue weighted by atomic mass is 9.44. The average Bonchev–Trinajstić information content (AvgIpc) is 2.51. The van der Waals surface area contributed by atoms with E-state index in [1.807, 2.05) is 0 Å². The number of carbonyl (C=O) groups excluding carboxylic acids is 3. The third-order valence-electron chi connectivity index (χ3n) is 6.47. The number of rotatable bonds is 5. The Hall–Kier alpha value is -1.73. The molecule has 146 valence electrons. The van der Waals surface area contributed by atoms with Crippen LogP contribution >= 0.6 is 0 Å². The molecule has 0 amide bonds. The molecule has 4 aliphatic carbocycles. The predicted molar refractivity (Wildman–Crippen MR) is 81.7 cm³/mol. The molecular weight excluding hydrogens is 350 g/mol. The Morgan fingerprint density at radius 2 is 1.46 bits per heavy atom. The van der Waals surface area contributed by atoms with E-state index in [1.54, 1.807) is 0 Å². The van der Waals surface area contributed by atoms with Gasteiger partial charge in [0.25, 0.3) is 0 Å². The Kier molecular flexibility index (Phi) is 4.12. The van der Waals surface area contributed by atoms with Crippen LogP contribution in [0.5, 0.6) is 0 Å². The number of methoxy groups -OCH3 is 1. The van der Waals surface area contributed by atoms with Crippen LogP contribution in [0.4, 0.5) is 8.78 Å². The van der Waals surface area contributed by atoms with Crippen molar-refractivity contribution in [3.8, 4) is 0 Å². The molecule has 4 fully saturated rings. The number of aliphatic carboxylic acids is 1. The standard InChI is InChI=1S/C18H24F2O6/c1-15(2,18(19,20)12(21)22)26-14(24)17-7-10-4-11(8-17)6-16(5-10,9-17)13(23)25-3/h10-11H,4-9H2,1-3H3,(H,21,22)/p-1. The molecule has 0 radical (unpaired) electrons. The summed E-state index contributed by atoms with van der Waals surface area (Å²) in [6, 6.07) is 0. The van der Waals surface area contributed by atoms with Gasteiger partial charge in [0.1, 0.15) is 5.97 Å². The number of hydrogen-bond donors (Lipinski definition) is 0. The fourth-order valence-electron chi connectivity index (χ4n) is 5.61. The van der Waals surface area contributed by atoms with Crippen LogP contribution in [0.3, 0.4) is 0 Å². The second-order valence-electron chi connectivity index (χ2n) is 8.77. The number of ether oxygens (including phenoxy) is 2. The molecule has 6 nitrogen and oxygen atoms in total. The second kappa shape index (κ2) is 5.63. The number of carboxylic acid groups (broad SMARTS) is 1. The summed E-state index contributed by atoms with van der Waals surface area (Å²) in [5.41, 5.74) is -4.37. The molecule has 4 saturated carbocycles. The Bertz CT molecular complexity index is 642. The Labute approximate surface area is 150 Å². The summed E-state index contributed by atoms with van der Waals surface area (Å²) in [5, 5.41) is 10.8. The lowest BCUT2D eigenvalue weighted by Gasteiger charge is -2.59. The van der Waals surface area contributed by atoms with Gasteiger partial charge in [-0.05, 0) is 64.2 Å². The third-order valence-corrected chi connectivity index (χ3v) is 6.47. The first-order chi connectivity index (χ1) is 11.9. The number of carbonyl (C=O) groups is 3. The molecule has 4 aliphatic rings. The van der Waals surface area contributed by atoms with Crippen molar-refractivity contribution < 1.29 is 37.7 Å². The zero-order valence-corrected chi connectivity index (χ0v) is 15.1. The highest BCUT2D eigenvalue weighted by atomic mass is 19.3. The van der Waals surface area contributed by atoms with Crippen molar-refractivity contribution in [2.24, 2.45) is 22.7 Å². The van der Waals surface area contributed by atoms with Gasteiger partial charge in [-0.25, -0.2) is 0 Å². The normalized spacial score (nSPS) is 35.9. The van der Waals surface area contributed by atoms with Crippen LogP contribution in [0.1, 0.15) is 52.4 Å². The van der Waals surface area contributed by atoms with Gasteiger partial charge in [-0.15, -0.1) is 0 Å². The van der Waals surface area contributed by atoms with Gasteiger partial charge in [0.15, 0.2) is 5.60 Å². The Balaban J connectivity index is 1.88. The lowest BCUT2D eigenvalue weighted by Crippen LogP contribution is -2.61. The summed E-state index contributed by atoms with van der Waals surface area (Å²) in [7, 11) is 1.30. The van der Waals surface area contributed by atoms with Crippen molar-refractivity contribution in [2.45, 2.75) is 63.9 Å². The SMILES string of the molecule is COC(=O)C12CC3CC(C1)CC(C(=O)OC(C)(C)C(F)(F)C(=O)[O-])(C3)C2. The van der Waals surface area contributed by atoms with Crippen LogP contribution in [0, 0.1) is 22.7 Å². The maximum atomic E-state index is 13.9. The third kappa shape index (κ3) is 2.60. The highest BCUT2D eigenvalue weighted by molar-refractivity contribution is 5.84. The number of alkyl halides is 2. The first-order valence-corrected chi connectivity index (χ1v) is 8.79. The molecule has 2 atom stereocenters. The van der Waals surface area contributed by atoms with Gasteiger partial charge in [-0.1, -0.05) is 0 Å². The second-order valence-corrected chi connectivity index (χ2v) is 8.77.